The van der Waals surface area contributed by atoms with Gasteiger partial charge in [-0.15, -0.1) is 0 Å². The molecule has 0 radical (unpaired) electrons. The lowest BCUT2D eigenvalue weighted by Gasteiger charge is -2.16. The first-order valence-electron chi connectivity index (χ1n) is 6.06. The molecule has 0 saturated heterocycles. The minimum absolute atomic E-state index is 0.540. The fourth-order valence-electron chi connectivity index (χ4n) is 1.35. The quantitative estimate of drug-likeness (QED) is 0.639. The van der Waals surface area contributed by atoms with Gasteiger partial charge < -0.3 is 21.1 Å². The van der Waals surface area contributed by atoms with Gasteiger partial charge in [0.15, 0.2) is 0 Å². The third-order valence-corrected chi connectivity index (χ3v) is 2.50. The molecule has 3 amide bonds. The van der Waals surface area contributed by atoms with Crippen molar-refractivity contribution in [1.82, 2.24) is 10.6 Å². The Kier molecular flexibility index (Phi) is 5.52. The standard InChI is InChI=1S/C13H17N3O4/c1-8(11(17)14-9(2)12(18)19)15-13(20)16-10-6-4-3-5-7-10/h3-9H,1-2H3,(H,14,17)(H,18,19)(H2,15,16,20)/t8?,9-/m1/s1. The average Bonchev–Trinajstić information content (AvgIpc) is 2.39. The van der Waals surface area contributed by atoms with Crippen LogP contribution in [0.25, 0.3) is 0 Å². The number of para-hydroxylation sites is 1. The highest BCUT2D eigenvalue weighted by atomic mass is 16.4. The van der Waals surface area contributed by atoms with Gasteiger partial charge in [0, 0.05) is 5.69 Å². The number of amides is 3. The molecule has 20 heavy (non-hydrogen) atoms. The Labute approximate surface area is 116 Å². The number of benzene rings is 1. The van der Waals surface area contributed by atoms with Crippen LogP contribution in [-0.4, -0.2) is 35.1 Å². The van der Waals surface area contributed by atoms with Crippen molar-refractivity contribution in [2.45, 2.75) is 25.9 Å². The fourth-order valence-corrected chi connectivity index (χ4v) is 1.35. The van der Waals surface area contributed by atoms with Gasteiger partial charge in [0.1, 0.15) is 12.1 Å². The highest BCUT2D eigenvalue weighted by Gasteiger charge is 2.20. The number of carbonyl (C=O) groups is 3. The lowest BCUT2D eigenvalue weighted by molar-refractivity contribution is -0.141. The summed E-state index contributed by atoms with van der Waals surface area (Å²) >= 11 is 0. The summed E-state index contributed by atoms with van der Waals surface area (Å²) in [5.41, 5.74) is 0.594. The van der Waals surface area contributed by atoms with Crippen LogP contribution in [0.15, 0.2) is 30.3 Å². The summed E-state index contributed by atoms with van der Waals surface area (Å²) in [6, 6.07) is 6.35. The molecule has 0 saturated carbocycles. The molecule has 7 heteroatoms. The molecule has 7 nitrogen and oxygen atoms in total. The van der Waals surface area contributed by atoms with Crippen LogP contribution in [0.4, 0.5) is 10.5 Å². The summed E-state index contributed by atoms with van der Waals surface area (Å²) < 4.78 is 0. The molecule has 1 aromatic rings. The van der Waals surface area contributed by atoms with Crippen LogP contribution in [0, 0.1) is 0 Å². The van der Waals surface area contributed by atoms with Gasteiger partial charge in [-0.3, -0.25) is 9.59 Å². The molecule has 0 bridgehead atoms. The summed E-state index contributed by atoms with van der Waals surface area (Å²) in [6.45, 7) is 2.81. The molecule has 0 fully saturated rings. The van der Waals surface area contributed by atoms with Gasteiger partial charge in [0.2, 0.25) is 5.91 Å². The summed E-state index contributed by atoms with van der Waals surface area (Å²) in [5, 5.41) is 15.9. The minimum atomic E-state index is -1.14. The number of hydrogen-bond acceptors (Lipinski definition) is 3. The van der Waals surface area contributed by atoms with Crippen molar-refractivity contribution in [2.24, 2.45) is 0 Å². The van der Waals surface area contributed by atoms with E-state index in [0.29, 0.717) is 5.69 Å². The number of hydrogen-bond donors (Lipinski definition) is 4. The Bertz CT molecular complexity index is 490. The van der Waals surface area contributed by atoms with Gasteiger partial charge in [0.25, 0.3) is 0 Å². The molecule has 1 rings (SSSR count). The Morgan fingerprint density at radius 3 is 2.15 bits per heavy atom. The maximum Gasteiger partial charge on any atom is 0.325 e. The number of carboxylic acid groups (broad SMARTS) is 1. The minimum Gasteiger partial charge on any atom is -0.480 e. The highest BCUT2D eigenvalue weighted by molar-refractivity contribution is 5.94. The normalized spacial score (nSPS) is 12.9. The van der Waals surface area contributed by atoms with Crippen molar-refractivity contribution >= 4 is 23.6 Å². The SMILES string of the molecule is CC(NC(=O)Nc1ccccc1)C(=O)N[C@H](C)C(=O)O. The lowest BCUT2D eigenvalue weighted by atomic mass is 10.2. The van der Waals surface area contributed by atoms with E-state index in [2.05, 4.69) is 16.0 Å². The summed E-state index contributed by atoms with van der Waals surface area (Å²) in [7, 11) is 0. The summed E-state index contributed by atoms with van der Waals surface area (Å²) in [6.07, 6.45) is 0. The van der Waals surface area contributed by atoms with E-state index in [1.54, 1.807) is 24.3 Å². The number of anilines is 1. The molecule has 1 unspecified atom stereocenters. The third-order valence-electron chi connectivity index (χ3n) is 2.50. The predicted octanol–water partition coefficient (Wildman–Crippen LogP) is 0.786. The van der Waals surface area contributed by atoms with E-state index in [1.807, 2.05) is 6.07 Å². The summed E-state index contributed by atoms with van der Waals surface area (Å²) in [4.78, 5) is 33.9. The average molecular weight is 279 g/mol. The van der Waals surface area contributed by atoms with Crippen molar-refractivity contribution in [3.05, 3.63) is 30.3 Å². The van der Waals surface area contributed by atoms with E-state index in [0.717, 1.165) is 0 Å². The van der Waals surface area contributed by atoms with Crippen molar-refractivity contribution in [1.29, 1.82) is 0 Å². The van der Waals surface area contributed by atoms with Crippen LogP contribution in [0.2, 0.25) is 0 Å². The zero-order chi connectivity index (χ0) is 15.1. The number of rotatable bonds is 5. The second-order valence-corrected chi connectivity index (χ2v) is 4.25. The number of urea groups is 1. The zero-order valence-electron chi connectivity index (χ0n) is 11.2. The molecule has 0 spiro atoms. The topological polar surface area (TPSA) is 108 Å². The molecular weight excluding hydrogens is 262 g/mol. The van der Waals surface area contributed by atoms with E-state index in [-0.39, 0.29) is 0 Å². The molecule has 4 N–H and O–H groups in total. The predicted molar refractivity (Wildman–Crippen MR) is 73.3 cm³/mol. The molecule has 108 valence electrons. The van der Waals surface area contributed by atoms with Crippen LogP contribution >= 0.6 is 0 Å². The highest BCUT2D eigenvalue weighted by Crippen LogP contribution is 2.04. The van der Waals surface area contributed by atoms with E-state index in [1.165, 1.54) is 13.8 Å². The molecule has 0 aliphatic heterocycles. The number of carbonyl (C=O) groups excluding carboxylic acids is 2. The Hall–Kier alpha value is -2.57. The van der Waals surface area contributed by atoms with Crippen LogP contribution in [0.5, 0.6) is 0 Å². The molecule has 0 aromatic heterocycles. The Morgan fingerprint density at radius 2 is 1.60 bits per heavy atom. The number of aliphatic carboxylic acids is 1. The van der Waals surface area contributed by atoms with Crippen LogP contribution in [-0.2, 0) is 9.59 Å². The van der Waals surface area contributed by atoms with Gasteiger partial charge >= 0.3 is 12.0 Å². The first-order valence-corrected chi connectivity index (χ1v) is 6.06. The largest absolute Gasteiger partial charge is 0.480 e. The Morgan fingerprint density at radius 1 is 1.00 bits per heavy atom. The molecular formula is C13H17N3O4. The second-order valence-electron chi connectivity index (χ2n) is 4.25. The van der Waals surface area contributed by atoms with Crippen LogP contribution < -0.4 is 16.0 Å². The number of carboxylic acids is 1. The lowest BCUT2D eigenvalue weighted by Crippen LogP contribution is -2.50. The van der Waals surface area contributed by atoms with Gasteiger partial charge in [0.05, 0.1) is 0 Å². The van der Waals surface area contributed by atoms with Crippen molar-refractivity contribution < 1.29 is 19.5 Å². The van der Waals surface area contributed by atoms with Gasteiger partial charge in [-0.2, -0.15) is 0 Å². The van der Waals surface area contributed by atoms with Gasteiger partial charge in [-0.05, 0) is 26.0 Å². The molecule has 1 aromatic carbocycles. The maximum atomic E-state index is 11.6. The number of nitrogens with one attached hydrogen (secondary N) is 3. The van der Waals surface area contributed by atoms with Crippen molar-refractivity contribution in [3.8, 4) is 0 Å². The molecule has 0 aliphatic rings. The Balaban J connectivity index is 2.45. The van der Waals surface area contributed by atoms with E-state index in [9.17, 15) is 14.4 Å². The smallest absolute Gasteiger partial charge is 0.325 e. The fraction of sp³-hybridized carbons (Fsp3) is 0.308. The third kappa shape index (κ3) is 4.97. The monoisotopic (exact) mass is 279 g/mol. The molecule has 0 heterocycles. The van der Waals surface area contributed by atoms with Gasteiger partial charge in [-0.25, -0.2) is 4.79 Å². The zero-order valence-corrected chi connectivity index (χ0v) is 11.2. The van der Waals surface area contributed by atoms with Crippen LogP contribution in [0.1, 0.15) is 13.8 Å². The van der Waals surface area contributed by atoms with Crippen molar-refractivity contribution in [3.63, 3.8) is 0 Å². The molecule has 2 atom stereocenters. The van der Waals surface area contributed by atoms with E-state index < -0.39 is 30.0 Å². The molecule has 0 aliphatic carbocycles. The second kappa shape index (κ2) is 7.13. The van der Waals surface area contributed by atoms with Crippen LogP contribution in [0.3, 0.4) is 0 Å². The van der Waals surface area contributed by atoms with Crippen molar-refractivity contribution in [2.75, 3.05) is 5.32 Å². The first-order chi connectivity index (χ1) is 9.40. The maximum absolute atomic E-state index is 11.6. The van der Waals surface area contributed by atoms with Gasteiger partial charge in [-0.1, -0.05) is 18.2 Å². The first kappa shape index (κ1) is 15.5. The summed E-state index contributed by atoms with van der Waals surface area (Å²) in [5.74, 6) is -1.71. The van der Waals surface area contributed by atoms with E-state index >= 15 is 0 Å². The van der Waals surface area contributed by atoms with E-state index in [4.69, 9.17) is 5.11 Å².